The third-order valence-corrected chi connectivity index (χ3v) is 6.06. The van der Waals surface area contributed by atoms with Crippen LogP contribution in [0.4, 0.5) is 8.78 Å². The minimum Gasteiger partial charge on any atom is -0.434 e. The van der Waals surface area contributed by atoms with Gasteiger partial charge in [0.25, 0.3) is 5.91 Å². The Bertz CT molecular complexity index is 1610. The smallest absolute Gasteiger partial charge is 0.387 e. The van der Waals surface area contributed by atoms with Gasteiger partial charge in [-0.3, -0.25) is 4.79 Å². The van der Waals surface area contributed by atoms with Crippen LogP contribution in [0.5, 0.6) is 5.75 Å². The van der Waals surface area contributed by atoms with Crippen molar-refractivity contribution in [1.29, 1.82) is 0 Å². The lowest BCUT2D eigenvalue weighted by atomic mass is 9.97. The van der Waals surface area contributed by atoms with E-state index in [1.165, 1.54) is 18.2 Å². The van der Waals surface area contributed by atoms with E-state index in [0.29, 0.717) is 28.1 Å². The first-order valence-corrected chi connectivity index (χ1v) is 10.5. The van der Waals surface area contributed by atoms with Crippen molar-refractivity contribution in [2.75, 3.05) is 6.98 Å². The maximum absolute atomic E-state index is 13.5. The number of rotatable bonds is 2. The minimum atomic E-state index is -3.12. The summed E-state index contributed by atoms with van der Waals surface area (Å²) >= 11 is 0. The molecule has 2 bridgehead atoms. The molecule has 0 saturated carbocycles. The first-order chi connectivity index (χ1) is 17.7. The molecular formula is C25H17F2N5O2. The van der Waals surface area contributed by atoms with Crippen LogP contribution < -0.4 is 4.74 Å². The molecule has 0 saturated heterocycles. The van der Waals surface area contributed by atoms with Gasteiger partial charge in [-0.1, -0.05) is 12.0 Å². The largest absolute Gasteiger partial charge is 0.434 e. The SMILES string of the molecule is [2H]C([2H])([2H])N1C(=O)c2cccc(OC(F)F)c2[C@H]2C[C@@H]1c1nc3ccc(C#Cc4cccnn4)cc3n12. The highest BCUT2D eigenvalue weighted by atomic mass is 19.3. The van der Waals surface area contributed by atoms with Crippen LogP contribution in [0.3, 0.4) is 0 Å². The van der Waals surface area contributed by atoms with Crippen LogP contribution in [0.1, 0.15) is 55.6 Å². The first-order valence-electron chi connectivity index (χ1n) is 12.0. The second-order valence-corrected chi connectivity index (χ2v) is 7.94. The molecule has 0 fully saturated rings. The number of amides is 1. The molecule has 2 aliphatic heterocycles. The fourth-order valence-corrected chi connectivity index (χ4v) is 4.69. The van der Waals surface area contributed by atoms with E-state index < -0.39 is 31.6 Å². The van der Waals surface area contributed by atoms with Gasteiger partial charge in [0.1, 0.15) is 17.3 Å². The van der Waals surface area contributed by atoms with Crippen LogP contribution in [-0.4, -0.2) is 44.1 Å². The van der Waals surface area contributed by atoms with Crippen LogP contribution >= 0.6 is 0 Å². The Morgan fingerprint density at radius 1 is 1.18 bits per heavy atom. The lowest BCUT2D eigenvalue weighted by Crippen LogP contribution is -2.30. The maximum atomic E-state index is 13.5. The number of hydrogen-bond acceptors (Lipinski definition) is 5. The second kappa shape index (κ2) is 7.63. The molecule has 0 aliphatic carbocycles. The number of fused-ring (bicyclic) bond motifs is 9. The van der Waals surface area contributed by atoms with E-state index in [0.717, 1.165) is 4.90 Å². The number of nitrogens with zero attached hydrogens (tertiary/aromatic N) is 5. The van der Waals surface area contributed by atoms with E-state index in [-0.39, 0.29) is 23.3 Å². The number of imidazole rings is 1. The molecule has 2 aromatic heterocycles. The van der Waals surface area contributed by atoms with Gasteiger partial charge in [-0.2, -0.15) is 13.9 Å². The molecule has 4 heterocycles. The third kappa shape index (κ3) is 3.10. The van der Waals surface area contributed by atoms with E-state index in [1.54, 1.807) is 41.1 Å². The molecule has 168 valence electrons. The van der Waals surface area contributed by atoms with Crippen molar-refractivity contribution in [3.05, 3.63) is 82.9 Å². The topological polar surface area (TPSA) is 73.1 Å². The Labute approximate surface area is 197 Å². The first kappa shape index (κ1) is 17.2. The molecule has 2 aliphatic rings. The van der Waals surface area contributed by atoms with Gasteiger partial charge >= 0.3 is 6.61 Å². The third-order valence-electron chi connectivity index (χ3n) is 6.06. The van der Waals surface area contributed by atoms with Crippen LogP contribution in [0, 0.1) is 11.8 Å². The van der Waals surface area contributed by atoms with Crippen LogP contribution in [0.15, 0.2) is 54.7 Å². The number of alkyl halides is 2. The predicted molar refractivity (Wildman–Crippen MR) is 118 cm³/mol. The van der Waals surface area contributed by atoms with Gasteiger partial charge in [0.2, 0.25) is 0 Å². The Morgan fingerprint density at radius 2 is 2.09 bits per heavy atom. The zero-order chi connectivity index (χ0) is 25.9. The van der Waals surface area contributed by atoms with Crippen molar-refractivity contribution in [3.8, 4) is 17.6 Å². The van der Waals surface area contributed by atoms with Crippen LogP contribution in [0.25, 0.3) is 11.0 Å². The molecule has 0 radical (unpaired) electrons. The average Bonchev–Trinajstić information content (AvgIpc) is 3.35. The van der Waals surface area contributed by atoms with Gasteiger partial charge in [0, 0.05) is 40.4 Å². The average molecular weight is 460 g/mol. The summed E-state index contributed by atoms with van der Waals surface area (Å²) in [5.41, 5.74) is 2.53. The zero-order valence-corrected chi connectivity index (χ0v) is 17.4. The van der Waals surface area contributed by atoms with Crippen molar-refractivity contribution in [2.45, 2.75) is 25.1 Å². The van der Waals surface area contributed by atoms with Gasteiger partial charge in [-0.15, -0.1) is 5.10 Å². The number of benzene rings is 2. The quantitative estimate of drug-likeness (QED) is 0.424. The number of carbonyl (C=O) groups is 1. The van der Waals surface area contributed by atoms with Crippen LogP contribution in [-0.2, 0) is 0 Å². The molecular weight excluding hydrogens is 440 g/mol. The van der Waals surface area contributed by atoms with E-state index >= 15 is 0 Å². The maximum Gasteiger partial charge on any atom is 0.387 e. The molecule has 0 N–H and O–H groups in total. The van der Waals surface area contributed by atoms with E-state index in [4.69, 9.17) is 8.85 Å². The number of carbonyl (C=O) groups excluding carboxylic acids is 1. The Morgan fingerprint density at radius 3 is 2.88 bits per heavy atom. The van der Waals surface area contributed by atoms with Gasteiger partial charge in [-0.05, 0) is 48.4 Å². The van der Waals surface area contributed by atoms with Crippen molar-refractivity contribution >= 4 is 16.9 Å². The highest BCUT2D eigenvalue weighted by molar-refractivity contribution is 5.97. The summed E-state index contributed by atoms with van der Waals surface area (Å²) in [4.78, 5) is 18.9. The monoisotopic (exact) mass is 460 g/mol. The highest BCUT2D eigenvalue weighted by Gasteiger charge is 2.44. The van der Waals surface area contributed by atoms with Crippen molar-refractivity contribution in [3.63, 3.8) is 0 Å². The standard InChI is InChI=1S/C25H17F2N5O2/c1-31-20-13-19(22-16(24(31)33)5-2-6-21(22)34-25(26)27)32-18-12-14(8-10-17(18)29-23(20)32)7-9-15-4-3-11-28-30-15/h2-6,8,10-12,19-20,25H,13H2,1H3/t19-,20-/m1/s1/i1D3. The predicted octanol–water partition coefficient (Wildman–Crippen LogP) is 3.95. The number of ether oxygens (including phenoxy) is 1. The fraction of sp³-hybridized carbons (Fsp3) is 0.200. The van der Waals surface area contributed by atoms with Gasteiger partial charge in [-0.25, -0.2) is 4.98 Å². The molecule has 6 rings (SSSR count). The number of halogens is 2. The minimum absolute atomic E-state index is 0.00729. The number of aromatic nitrogens is 4. The van der Waals surface area contributed by atoms with Gasteiger partial charge in [0.05, 0.1) is 23.1 Å². The van der Waals surface area contributed by atoms with Crippen LogP contribution in [0.2, 0.25) is 0 Å². The summed E-state index contributed by atoms with van der Waals surface area (Å²) in [5.74, 6) is 5.37. The molecule has 34 heavy (non-hydrogen) atoms. The summed E-state index contributed by atoms with van der Waals surface area (Å²) in [6.07, 6.45) is 1.69. The lowest BCUT2D eigenvalue weighted by Gasteiger charge is -2.24. The van der Waals surface area contributed by atoms with Crippen molar-refractivity contribution in [2.24, 2.45) is 0 Å². The molecule has 9 heteroatoms. The van der Waals surface area contributed by atoms with Crippen molar-refractivity contribution < 1.29 is 22.4 Å². The summed E-state index contributed by atoms with van der Waals surface area (Å²) < 4.78 is 57.5. The lowest BCUT2D eigenvalue weighted by molar-refractivity contribution is -0.0507. The van der Waals surface area contributed by atoms with Crippen molar-refractivity contribution in [1.82, 2.24) is 24.6 Å². The molecule has 0 spiro atoms. The molecule has 7 nitrogen and oxygen atoms in total. The number of hydrogen-bond donors (Lipinski definition) is 0. The Hall–Kier alpha value is -4.32. The van der Waals surface area contributed by atoms with E-state index in [9.17, 15) is 13.6 Å². The van der Waals surface area contributed by atoms with E-state index in [1.807, 2.05) is 0 Å². The molecule has 0 unspecified atom stereocenters. The molecule has 2 atom stereocenters. The molecule has 1 amide bonds. The van der Waals surface area contributed by atoms with Gasteiger partial charge in [0.15, 0.2) is 0 Å². The van der Waals surface area contributed by atoms with Gasteiger partial charge < -0.3 is 14.2 Å². The fourth-order valence-electron chi connectivity index (χ4n) is 4.69. The Balaban J connectivity index is 1.57. The normalized spacial score (nSPS) is 20.0. The molecule has 4 aromatic rings. The summed E-state index contributed by atoms with van der Waals surface area (Å²) in [7, 11) is 0. The Kier molecular flexibility index (Phi) is 3.86. The zero-order valence-electron chi connectivity index (χ0n) is 20.4. The summed E-state index contributed by atoms with van der Waals surface area (Å²) in [6, 6.07) is 11.4. The molecule has 2 aromatic carbocycles. The highest BCUT2D eigenvalue weighted by Crippen LogP contribution is 2.49. The second-order valence-electron chi connectivity index (χ2n) is 7.94. The van der Waals surface area contributed by atoms with E-state index in [2.05, 4.69) is 27.0 Å². The summed E-state index contributed by atoms with van der Waals surface area (Å²) in [5, 5.41) is 7.75. The summed E-state index contributed by atoms with van der Waals surface area (Å²) in [6.45, 7) is -5.91.